The van der Waals surface area contributed by atoms with E-state index in [-0.39, 0.29) is 11.7 Å². The van der Waals surface area contributed by atoms with Gasteiger partial charge in [-0.05, 0) is 48.6 Å². The van der Waals surface area contributed by atoms with Gasteiger partial charge in [0.05, 0.1) is 0 Å². The van der Waals surface area contributed by atoms with Crippen molar-refractivity contribution >= 4 is 10.5 Å². The Morgan fingerprint density at radius 2 is 1.34 bits per heavy atom. The van der Waals surface area contributed by atoms with E-state index in [0.717, 1.165) is 25.9 Å². The summed E-state index contributed by atoms with van der Waals surface area (Å²) in [6.45, 7) is 8.52. The van der Waals surface area contributed by atoms with Crippen molar-refractivity contribution < 1.29 is 13.9 Å². The minimum absolute atomic E-state index is 0.0260. The SMILES string of the molecule is CC(C)(C)C(CCCCCCCCCCCC#CCOC1CCCCO1)C(O[SiH3])(c1ccccc1)c1ccccc1. The lowest BCUT2D eigenvalue weighted by Gasteiger charge is -2.48. The van der Waals surface area contributed by atoms with E-state index in [1.165, 1.54) is 81.8 Å². The summed E-state index contributed by atoms with van der Waals surface area (Å²) in [6, 6.07) is 21.9. The van der Waals surface area contributed by atoms with Gasteiger partial charge in [-0.25, -0.2) is 0 Å². The normalized spacial score (nSPS) is 16.7. The van der Waals surface area contributed by atoms with Crippen molar-refractivity contribution in [1.82, 2.24) is 0 Å². The molecule has 3 rings (SSSR count). The Bertz CT molecular complexity index is 960. The maximum atomic E-state index is 6.71. The Morgan fingerprint density at radius 3 is 1.85 bits per heavy atom. The van der Waals surface area contributed by atoms with Gasteiger partial charge in [0, 0.05) is 18.9 Å². The van der Waals surface area contributed by atoms with E-state index < -0.39 is 5.60 Å². The van der Waals surface area contributed by atoms with Gasteiger partial charge in [0.2, 0.25) is 0 Å². The Kier molecular flexibility index (Phi) is 15.2. The van der Waals surface area contributed by atoms with Gasteiger partial charge >= 0.3 is 0 Å². The largest absolute Gasteiger partial charge is 0.414 e. The maximum Gasteiger partial charge on any atom is 0.158 e. The van der Waals surface area contributed by atoms with Gasteiger partial charge in [0.15, 0.2) is 6.29 Å². The third-order valence-electron chi connectivity index (χ3n) is 8.66. The molecule has 2 aromatic carbocycles. The van der Waals surface area contributed by atoms with Gasteiger partial charge in [-0.15, -0.1) is 5.92 Å². The van der Waals surface area contributed by atoms with E-state index >= 15 is 0 Å². The van der Waals surface area contributed by atoms with Crippen molar-refractivity contribution in [2.24, 2.45) is 11.3 Å². The molecule has 1 saturated heterocycles. The Labute approximate surface area is 254 Å². The number of hydrogen-bond acceptors (Lipinski definition) is 3. The van der Waals surface area contributed by atoms with Crippen LogP contribution in [-0.2, 0) is 19.5 Å². The third-order valence-corrected chi connectivity index (χ3v) is 9.31. The summed E-state index contributed by atoms with van der Waals surface area (Å²) >= 11 is 0. The van der Waals surface area contributed by atoms with Crippen LogP contribution in [0.15, 0.2) is 60.7 Å². The van der Waals surface area contributed by atoms with Gasteiger partial charge in [0.25, 0.3) is 0 Å². The van der Waals surface area contributed by atoms with E-state index in [4.69, 9.17) is 13.9 Å². The zero-order valence-corrected chi connectivity index (χ0v) is 28.5. The van der Waals surface area contributed by atoms with Crippen molar-refractivity contribution in [2.75, 3.05) is 13.2 Å². The molecule has 2 aromatic rings. The van der Waals surface area contributed by atoms with Crippen LogP contribution in [0, 0.1) is 23.2 Å². The van der Waals surface area contributed by atoms with Crippen molar-refractivity contribution in [1.29, 1.82) is 0 Å². The lowest BCUT2D eigenvalue weighted by Crippen LogP contribution is -2.45. The summed E-state index contributed by atoms with van der Waals surface area (Å²) in [7, 11) is 0.692. The van der Waals surface area contributed by atoms with Crippen LogP contribution in [0.1, 0.15) is 122 Å². The molecule has 41 heavy (non-hydrogen) atoms. The highest BCUT2D eigenvalue weighted by Crippen LogP contribution is 2.50. The van der Waals surface area contributed by atoms with Crippen LogP contribution in [0.25, 0.3) is 0 Å². The second kappa shape index (κ2) is 18.6. The van der Waals surface area contributed by atoms with Crippen molar-refractivity contribution in [3.8, 4) is 11.8 Å². The molecule has 0 bridgehead atoms. The number of hydrogen-bond donors (Lipinski definition) is 0. The van der Waals surface area contributed by atoms with E-state index in [1.54, 1.807) is 0 Å². The third kappa shape index (κ3) is 11.0. The van der Waals surface area contributed by atoms with E-state index in [0.29, 0.717) is 23.0 Å². The quantitative estimate of drug-likeness (QED) is 0.107. The first-order valence-corrected chi connectivity index (χ1v) is 17.1. The zero-order chi connectivity index (χ0) is 29.2. The molecule has 0 aliphatic carbocycles. The summed E-state index contributed by atoms with van der Waals surface area (Å²) in [5, 5.41) is 0. The molecular formula is C37H56O3Si. The number of unbranched alkanes of at least 4 members (excludes halogenated alkanes) is 9. The molecule has 0 aromatic heterocycles. The Morgan fingerprint density at radius 1 is 0.780 bits per heavy atom. The number of rotatable bonds is 17. The fourth-order valence-electron chi connectivity index (χ4n) is 6.48. The average molecular weight is 577 g/mol. The molecule has 4 heteroatoms. The van der Waals surface area contributed by atoms with E-state index in [2.05, 4.69) is 93.3 Å². The molecule has 2 atom stereocenters. The van der Waals surface area contributed by atoms with Crippen molar-refractivity contribution in [3.63, 3.8) is 0 Å². The Balaban J connectivity index is 1.35. The minimum Gasteiger partial charge on any atom is -0.414 e. The van der Waals surface area contributed by atoms with Crippen LogP contribution in [0.3, 0.4) is 0 Å². The van der Waals surface area contributed by atoms with Gasteiger partial charge < -0.3 is 13.9 Å². The molecule has 1 aliphatic rings. The fourth-order valence-corrected chi connectivity index (χ4v) is 7.24. The first kappa shape index (κ1) is 33.6. The Hall–Kier alpha value is -1.90. The summed E-state index contributed by atoms with van der Waals surface area (Å²) in [5.74, 6) is 6.82. The minimum atomic E-state index is -0.395. The molecule has 0 N–H and O–H groups in total. The highest BCUT2D eigenvalue weighted by molar-refractivity contribution is 5.98. The predicted molar refractivity (Wildman–Crippen MR) is 176 cm³/mol. The van der Waals surface area contributed by atoms with E-state index in [1.807, 2.05) is 0 Å². The molecule has 2 unspecified atom stereocenters. The van der Waals surface area contributed by atoms with Crippen LogP contribution in [0.5, 0.6) is 0 Å². The van der Waals surface area contributed by atoms with Gasteiger partial charge in [-0.3, -0.25) is 0 Å². The summed E-state index contributed by atoms with van der Waals surface area (Å²) in [5.41, 5.74) is 2.30. The van der Waals surface area contributed by atoms with Gasteiger partial charge in [0.1, 0.15) is 22.7 Å². The number of ether oxygens (including phenoxy) is 2. The maximum absolute atomic E-state index is 6.71. The predicted octanol–water partition coefficient (Wildman–Crippen LogP) is 8.73. The number of benzene rings is 2. The first-order valence-electron chi connectivity index (χ1n) is 16.3. The van der Waals surface area contributed by atoms with Crippen molar-refractivity contribution in [3.05, 3.63) is 71.8 Å². The lowest BCUT2D eigenvalue weighted by molar-refractivity contribution is -0.154. The molecule has 0 spiro atoms. The standard InChI is InChI=1S/C37H56O3Si/c1-36(2,3)34(37(40-41,32-24-16-14-17-25-32)33-26-18-15-19-27-33)28-20-12-10-8-6-4-5-7-9-11-13-22-30-38-35-29-21-23-31-39-35/h14-19,24-27,34-35H,4-12,20-21,23,28-31H2,1-3,41H3. The highest BCUT2D eigenvalue weighted by Gasteiger charge is 2.46. The van der Waals surface area contributed by atoms with E-state index in [9.17, 15) is 0 Å². The molecular weight excluding hydrogens is 520 g/mol. The first-order chi connectivity index (χ1) is 20.0. The molecule has 0 amide bonds. The van der Waals surface area contributed by atoms with Crippen LogP contribution in [-0.4, -0.2) is 30.0 Å². The lowest BCUT2D eigenvalue weighted by atomic mass is 9.63. The van der Waals surface area contributed by atoms with Gasteiger partial charge in [-0.2, -0.15) is 0 Å². The summed E-state index contributed by atoms with van der Waals surface area (Å²) in [4.78, 5) is 0. The molecule has 226 valence electrons. The van der Waals surface area contributed by atoms with Crippen LogP contribution in [0.4, 0.5) is 0 Å². The topological polar surface area (TPSA) is 27.7 Å². The summed E-state index contributed by atoms with van der Waals surface area (Å²) < 4.78 is 18.0. The summed E-state index contributed by atoms with van der Waals surface area (Å²) in [6.07, 6.45) is 17.3. The molecule has 1 aliphatic heterocycles. The van der Waals surface area contributed by atoms with Crippen molar-refractivity contribution in [2.45, 2.75) is 123 Å². The second-order valence-electron chi connectivity index (χ2n) is 12.8. The average Bonchev–Trinajstić information content (AvgIpc) is 2.99. The van der Waals surface area contributed by atoms with Crippen LogP contribution < -0.4 is 0 Å². The molecule has 1 fully saturated rings. The van der Waals surface area contributed by atoms with Crippen LogP contribution >= 0.6 is 0 Å². The molecule has 1 heterocycles. The second-order valence-corrected chi connectivity index (χ2v) is 13.2. The fraction of sp³-hybridized carbons (Fsp3) is 0.622. The molecule has 0 saturated carbocycles. The molecule has 3 nitrogen and oxygen atoms in total. The van der Waals surface area contributed by atoms with Gasteiger partial charge in [-0.1, -0.05) is 139 Å². The zero-order valence-electron chi connectivity index (χ0n) is 26.5. The van der Waals surface area contributed by atoms with Crippen LogP contribution in [0.2, 0.25) is 0 Å². The molecule has 0 radical (unpaired) electrons. The monoisotopic (exact) mass is 576 g/mol. The smallest absolute Gasteiger partial charge is 0.158 e. The highest BCUT2D eigenvalue weighted by atomic mass is 28.2.